The minimum absolute atomic E-state index is 0.120. The van der Waals surface area contributed by atoms with Crippen molar-refractivity contribution in [3.8, 4) is 0 Å². The number of benzene rings is 2. The summed E-state index contributed by atoms with van der Waals surface area (Å²) < 4.78 is 6.79. The maximum absolute atomic E-state index is 6.09. The van der Waals surface area contributed by atoms with Crippen molar-refractivity contribution in [2.24, 2.45) is 12.2 Å². The summed E-state index contributed by atoms with van der Waals surface area (Å²) in [5, 5.41) is 21.1. The van der Waals surface area contributed by atoms with Gasteiger partial charge in [0.1, 0.15) is 5.69 Å². The third-order valence-corrected chi connectivity index (χ3v) is 4.06. The van der Waals surface area contributed by atoms with E-state index < -0.39 is 0 Å². The fourth-order valence-electron chi connectivity index (χ4n) is 2.49. The molecule has 0 saturated heterocycles. The zero-order valence-electron chi connectivity index (χ0n) is 13.7. The van der Waals surface area contributed by atoms with Crippen LogP contribution in [0.25, 0.3) is 11.0 Å². The Morgan fingerprint density at radius 1 is 1.19 bits per heavy atom. The molecule has 8 nitrogen and oxygen atoms in total. The molecule has 0 aliphatic heterocycles. The highest BCUT2D eigenvalue weighted by Gasteiger charge is 2.16. The molecule has 2 aromatic heterocycles. The van der Waals surface area contributed by atoms with Crippen LogP contribution in [0.15, 0.2) is 58.2 Å². The molecule has 130 valence electrons. The summed E-state index contributed by atoms with van der Waals surface area (Å²) in [6, 6.07) is 15.0. The average Bonchev–Trinajstić information content (AvgIpc) is 3.27. The van der Waals surface area contributed by atoms with E-state index in [1.165, 1.54) is 4.68 Å². The van der Waals surface area contributed by atoms with E-state index in [-0.39, 0.29) is 6.61 Å². The lowest BCUT2D eigenvalue weighted by Gasteiger charge is -2.05. The summed E-state index contributed by atoms with van der Waals surface area (Å²) in [7, 11) is 1.74. The Hall–Kier alpha value is -3.26. The zero-order chi connectivity index (χ0) is 17.9. The molecule has 4 rings (SSSR count). The first-order valence-electron chi connectivity index (χ1n) is 7.75. The van der Waals surface area contributed by atoms with Gasteiger partial charge in [0, 0.05) is 12.6 Å². The van der Waals surface area contributed by atoms with Crippen LogP contribution in [0, 0.1) is 0 Å². The van der Waals surface area contributed by atoms with Gasteiger partial charge >= 0.3 is 0 Å². The fourth-order valence-corrected chi connectivity index (χ4v) is 2.70. The molecule has 9 heteroatoms. The second-order valence-corrected chi connectivity index (χ2v) is 5.86. The van der Waals surface area contributed by atoms with Crippen LogP contribution in [-0.4, -0.2) is 31.1 Å². The molecule has 0 spiro atoms. The highest BCUT2D eigenvalue weighted by atomic mass is 35.5. The maximum atomic E-state index is 6.09. The first-order chi connectivity index (χ1) is 12.7. The molecule has 26 heavy (non-hydrogen) atoms. The van der Waals surface area contributed by atoms with Gasteiger partial charge in [0.25, 0.3) is 0 Å². The Morgan fingerprint density at radius 3 is 2.81 bits per heavy atom. The number of halogens is 1. The summed E-state index contributed by atoms with van der Waals surface area (Å²) in [6.45, 7) is 0.120. The number of aromatic nitrogens is 5. The number of hydrogen-bond acceptors (Lipinski definition) is 7. The lowest BCUT2D eigenvalue weighted by molar-refractivity contribution is 0.126. The fraction of sp³-hybridized carbons (Fsp3) is 0.118. The summed E-state index contributed by atoms with van der Waals surface area (Å²) in [4.78, 5) is 5.53. The van der Waals surface area contributed by atoms with Crippen molar-refractivity contribution >= 4 is 28.3 Å². The molecule has 0 radical (unpaired) electrons. The van der Waals surface area contributed by atoms with E-state index in [9.17, 15) is 0 Å². The van der Waals surface area contributed by atoms with Crippen molar-refractivity contribution in [3.05, 3.63) is 70.6 Å². The minimum Gasteiger partial charge on any atom is -0.388 e. The van der Waals surface area contributed by atoms with E-state index >= 15 is 0 Å². The highest BCUT2D eigenvalue weighted by molar-refractivity contribution is 6.34. The number of aryl methyl sites for hydroxylation is 1. The van der Waals surface area contributed by atoms with Crippen LogP contribution in [0.5, 0.6) is 0 Å². The normalized spacial score (nSPS) is 11.8. The van der Waals surface area contributed by atoms with Crippen LogP contribution in [0.1, 0.15) is 17.1 Å². The number of oxime groups is 1. The van der Waals surface area contributed by atoms with E-state index in [1.807, 2.05) is 42.5 Å². The summed E-state index contributed by atoms with van der Waals surface area (Å²) >= 11 is 6.09. The number of hydrogen-bond donors (Lipinski definition) is 0. The topological polar surface area (TPSA) is 91.2 Å². The lowest BCUT2D eigenvalue weighted by atomic mass is 10.1. The molecule has 2 heterocycles. The van der Waals surface area contributed by atoms with E-state index in [4.69, 9.17) is 21.0 Å². The SMILES string of the molecule is Cn1nnnc1/C(=N\OCc1noc2c(Cl)cccc12)c1ccccc1. The van der Waals surface area contributed by atoms with Crippen molar-refractivity contribution in [1.29, 1.82) is 0 Å². The molecule has 0 N–H and O–H groups in total. The van der Waals surface area contributed by atoms with Gasteiger partial charge in [-0.05, 0) is 22.6 Å². The predicted molar refractivity (Wildman–Crippen MR) is 94.7 cm³/mol. The predicted octanol–water partition coefficient (Wildman–Crippen LogP) is 2.97. The molecule has 0 atom stereocenters. The number of rotatable bonds is 5. The highest BCUT2D eigenvalue weighted by Crippen LogP contribution is 2.26. The molecular formula is C17H13ClN6O2. The van der Waals surface area contributed by atoms with Gasteiger partial charge in [0.05, 0.1) is 10.4 Å². The quantitative estimate of drug-likeness (QED) is 0.397. The van der Waals surface area contributed by atoms with Crippen molar-refractivity contribution in [2.75, 3.05) is 0 Å². The number of nitrogens with zero attached hydrogens (tertiary/aromatic N) is 6. The van der Waals surface area contributed by atoms with Crippen LogP contribution < -0.4 is 0 Å². The Balaban J connectivity index is 1.63. The summed E-state index contributed by atoms with van der Waals surface area (Å²) in [5.41, 5.74) is 2.48. The number of tetrazole rings is 1. The monoisotopic (exact) mass is 368 g/mol. The molecule has 0 fully saturated rings. The third kappa shape index (κ3) is 3.02. The molecular weight excluding hydrogens is 356 g/mol. The van der Waals surface area contributed by atoms with Gasteiger partial charge in [0.2, 0.25) is 5.82 Å². The zero-order valence-corrected chi connectivity index (χ0v) is 14.5. The van der Waals surface area contributed by atoms with Crippen molar-refractivity contribution in [2.45, 2.75) is 6.61 Å². The molecule has 0 amide bonds. The summed E-state index contributed by atoms with van der Waals surface area (Å²) in [5.74, 6) is 0.490. The van der Waals surface area contributed by atoms with Gasteiger partial charge in [-0.1, -0.05) is 58.3 Å². The minimum atomic E-state index is 0.120. The second-order valence-electron chi connectivity index (χ2n) is 5.45. The smallest absolute Gasteiger partial charge is 0.204 e. The van der Waals surface area contributed by atoms with E-state index in [0.717, 1.165) is 10.9 Å². The maximum Gasteiger partial charge on any atom is 0.204 e. The standard InChI is InChI=1S/C17H13ClN6O2/c1-24-17(19-22-23-24)15(11-6-3-2-4-7-11)21-25-10-14-12-8-5-9-13(18)16(12)26-20-14/h2-9H,10H2,1H3/b21-15-. The first-order valence-corrected chi connectivity index (χ1v) is 8.12. The Morgan fingerprint density at radius 2 is 2.04 bits per heavy atom. The molecule has 0 aliphatic rings. The first kappa shape index (κ1) is 16.2. The van der Waals surface area contributed by atoms with Crippen LogP contribution in [0.2, 0.25) is 5.02 Å². The molecule has 0 saturated carbocycles. The van der Waals surface area contributed by atoms with Gasteiger partial charge in [-0.25, -0.2) is 4.68 Å². The van der Waals surface area contributed by atoms with Crippen LogP contribution in [-0.2, 0) is 18.5 Å². The van der Waals surface area contributed by atoms with Gasteiger partial charge in [-0.15, -0.1) is 5.10 Å². The van der Waals surface area contributed by atoms with Crippen molar-refractivity contribution < 1.29 is 9.36 Å². The third-order valence-electron chi connectivity index (χ3n) is 3.76. The molecule has 0 bridgehead atoms. The van der Waals surface area contributed by atoms with Gasteiger partial charge in [-0.2, -0.15) is 0 Å². The largest absolute Gasteiger partial charge is 0.388 e. The Kier molecular flexibility index (Phi) is 4.32. The molecule has 0 unspecified atom stereocenters. The Bertz CT molecular complexity index is 1070. The molecule has 4 aromatic rings. The van der Waals surface area contributed by atoms with Crippen molar-refractivity contribution in [3.63, 3.8) is 0 Å². The number of para-hydroxylation sites is 1. The van der Waals surface area contributed by atoms with Gasteiger partial charge < -0.3 is 9.36 Å². The molecule has 2 aromatic carbocycles. The average molecular weight is 369 g/mol. The van der Waals surface area contributed by atoms with Crippen LogP contribution in [0.4, 0.5) is 0 Å². The van der Waals surface area contributed by atoms with Crippen LogP contribution in [0.3, 0.4) is 0 Å². The van der Waals surface area contributed by atoms with E-state index in [1.54, 1.807) is 13.1 Å². The van der Waals surface area contributed by atoms with E-state index in [2.05, 4.69) is 25.8 Å². The molecule has 0 aliphatic carbocycles. The Labute approximate surface area is 153 Å². The van der Waals surface area contributed by atoms with Crippen molar-refractivity contribution in [1.82, 2.24) is 25.4 Å². The lowest BCUT2D eigenvalue weighted by Crippen LogP contribution is -2.12. The van der Waals surface area contributed by atoms with E-state index in [0.29, 0.717) is 27.8 Å². The van der Waals surface area contributed by atoms with Crippen LogP contribution >= 0.6 is 11.6 Å². The number of fused-ring (bicyclic) bond motifs is 1. The second kappa shape index (κ2) is 6.93. The van der Waals surface area contributed by atoms with Gasteiger partial charge in [-0.3, -0.25) is 0 Å². The summed E-state index contributed by atoms with van der Waals surface area (Å²) in [6.07, 6.45) is 0. The van der Waals surface area contributed by atoms with Gasteiger partial charge in [0.15, 0.2) is 17.9 Å².